The van der Waals surface area contributed by atoms with Gasteiger partial charge in [0.1, 0.15) is 11.3 Å². The number of ether oxygens (including phenoxy) is 3. The van der Waals surface area contributed by atoms with Crippen LogP contribution in [0.3, 0.4) is 0 Å². The molecule has 0 saturated carbocycles. The third-order valence-corrected chi connectivity index (χ3v) is 5.06. The van der Waals surface area contributed by atoms with Gasteiger partial charge in [-0.05, 0) is 42.5 Å². The van der Waals surface area contributed by atoms with E-state index < -0.39 is 11.9 Å². The highest BCUT2D eigenvalue weighted by atomic mass is 32.2. The average molecular weight is 419 g/mol. The number of methoxy groups -OCH3 is 3. The topological polar surface area (TPSA) is 95.0 Å². The van der Waals surface area contributed by atoms with Crippen LogP contribution < -0.4 is 4.74 Å². The second-order valence-electron chi connectivity index (χ2n) is 6.18. The summed E-state index contributed by atoms with van der Waals surface area (Å²) in [5.41, 5.74) is 1.51. The molecule has 156 valence electrons. The van der Waals surface area contributed by atoms with Gasteiger partial charge in [-0.15, -0.1) is 0 Å². The van der Waals surface area contributed by atoms with Gasteiger partial charge >= 0.3 is 11.9 Å². The minimum absolute atomic E-state index is 0.0572. The number of carbonyl (C=O) groups is 2. The molecule has 0 aliphatic heterocycles. The highest BCUT2D eigenvalue weighted by molar-refractivity contribution is 7.98. The highest BCUT2D eigenvalue weighted by Crippen LogP contribution is 2.30. The number of hydrogen-bond donors (Lipinski definition) is 1. The van der Waals surface area contributed by atoms with E-state index >= 15 is 0 Å². The summed E-state index contributed by atoms with van der Waals surface area (Å²) in [7, 11) is 4.01. The maximum Gasteiger partial charge on any atom is 0.342 e. The molecule has 0 unspecified atom stereocenters. The number of esters is 2. The summed E-state index contributed by atoms with van der Waals surface area (Å²) >= 11 is 1.59. The Morgan fingerprint density at radius 3 is 2.10 bits per heavy atom. The highest BCUT2D eigenvalue weighted by Gasteiger charge is 2.29. The Morgan fingerprint density at radius 1 is 0.931 bits per heavy atom. The molecule has 0 atom stereocenters. The predicted molar refractivity (Wildman–Crippen MR) is 111 cm³/mol. The third-order valence-electron chi connectivity index (χ3n) is 4.45. The molecular formula is C21H25NO6S. The van der Waals surface area contributed by atoms with Crippen LogP contribution in [0.5, 0.6) is 11.5 Å². The van der Waals surface area contributed by atoms with Crippen LogP contribution in [0.2, 0.25) is 0 Å². The maximum absolute atomic E-state index is 12.4. The zero-order valence-corrected chi connectivity index (χ0v) is 17.8. The van der Waals surface area contributed by atoms with Crippen molar-refractivity contribution >= 4 is 23.7 Å². The van der Waals surface area contributed by atoms with E-state index in [0.29, 0.717) is 36.4 Å². The zero-order valence-electron chi connectivity index (χ0n) is 17.0. The summed E-state index contributed by atoms with van der Waals surface area (Å²) in [5.74, 6) is -0.425. The number of carbonyl (C=O) groups excluding carboxylic acids is 2. The molecule has 0 saturated heterocycles. The smallest absolute Gasteiger partial charge is 0.342 e. The van der Waals surface area contributed by atoms with Gasteiger partial charge in [0.2, 0.25) is 0 Å². The molecular weight excluding hydrogens is 394 g/mol. The van der Waals surface area contributed by atoms with Gasteiger partial charge < -0.3 is 19.3 Å². The van der Waals surface area contributed by atoms with E-state index in [9.17, 15) is 14.7 Å². The van der Waals surface area contributed by atoms with Crippen molar-refractivity contribution in [2.45, 2.75) is 19.3 Å². The maximum atomic E-state index is 12.4. The number of aromatic hydroxyl groups is 1. The summed E-state index contributed by atoms with van der Waals surface area (Å²) in [5, 5.41) is 10.6. The summed E-state index contributed by atoms with van der Waals surface area (Å²) in [6.07, 6.45) is 3.35. The molecule has 2 rings (SSSR count). The van der Waals surface area contributed by atoms with Crippen LogP contribution in [0, 0.1) is 0 Å². The van der Waals surface area contributed by atoms with E-state index in [4.69, 9.17) is 14.2 Å². The van der Waals surface area contributed by atoms with Gasteiger partial charge in [0.05, 0.1) is 38.3 Å². The zero-order chi connectivity index (χ0) is 21.4. The van der Waals surface area contributed by atoms with Gasteiger partial charge in [0, 0.05) is 6.42 Å². The van der Waals surface area contributed by atoms with Crippen LogP contribution in [0.4, 0.5) is 0 Å². The van der Waals surface area contributed by atoms with Crippen molar-refractivity contribution in [2.24, 2.45) is 0 Å². The molecule has 0 amide bonds. The van der Waals surface area contributed by atoms with Crippen molar-refractivity contribution in [3.8, 4) is 11.5 Å². The molecule has 29 heavy (non-hydrogen) atoms. The van der Waals surface area contributed by atoms with Gasteiger partial charge in [-0.25, -0.2) is 9.59 Å². The van der Waals surface area contributed by atoms with Gasteiger partial charge in [-0.3, -0.25) is 4.98 Å². The van der Waals surface area contributed by atoms with Crippen LogP contribution in [0.1, 0.15) is 37.7 Å². The van der Waals surface area contributed by atoms with E-state index in [1.54, 1.807) is 18.9 Å². The fourth-order valence-electron chi connectivity index (χ4n) is 2.91. The van der Waals surface area contributed by atoms with Crippen molar-refractivity contribution in [1.29, 1.82) is 0 Å². The van der Waals surface area contributed by atoms with E-state index in [0.717, 1.165) is 11.3 Å². The molecule has 7 nitrogen and oxygen atoms in total. The van der Waals surface area contributed by atoms with Crippen LogP contribution in [-0.4, -0.2) is 55.4 Å². The molecule has 1 heterocycles. The van der Waals surface area contributed by atoms with Crippen LogP contribution in [-0.2, 0) is 28.7 Å². The van der Waals surface area contributed by atoms with E-state index in [1.165, 1.54) is 14.2 Å². The number of thioether (sulfide) groups is 1. The summed E-state index contributed by atoms with van der Waals surface area (Å²) in [6.45, 7) is 0. The second kappa shape index (κ2) is 10.7. The minimum atomic E-state index is -0.804. The molecule has 0 spiro atoms. The minimum Gasteiger partial charge on any atom is -0.505 e. The number of aryl methyl sites for hydroxylation is 3. The first-order chi connectivity index (χ1) is 14.0. The molecule has 1 aromatic heterocycles. The SMILES string of the molecule is COC(=O)c1c(CCc2ccc(OC)cc2)nc(CCSC)c(O)c1C(=O)OC. The fraction of sp³-hybridized carbons (Fsp3) is 0.381. The van der Waals surface area contributed by atoms with Gasteiger partial charge in [0.15, 0.2) is 5.75 Å². The largest absolute Gasteiger partial charge is 0.505 e. The molecule has 1 N–H and O–H groups in total. The molecule has 0 fully saturated rings. The fourth-order valence-corrected chi connectivity index (χ4v) is 3.31. The summed E-state index contributed by atoms with van der Waals surface area (Å²) in [4.78, 5) is 29.3. The molecule has 0 radical (unpaired) electrons. The molecule has 2 aromatic rings. The van der Waals surface area contributed by atoms with Crippen molar-refractivity contribution in [2.75, 3.05) is 33.3 Å². The lowest BCUT2D eigenvalue weighted by Gasteiger charge is -2.16. The number of pyridine rings is 1. The Labute approximate surface area is 174 Å². The Bertz CT molecular complexity index is 866. The summed E-state index contributed by atoms with van der Waals surface area (Å²) in [6, 6.07) is 7.55. The van der Waals surface area contributed by atoms with Crippen LogP contribution in [0.25, 0.3) is 0 Å². The first-order valence-electron chi connectivity index (χ1n) is 9.00. The molecule has 8 heteroatoms. The Kier molecular flexibility index (Phi) is 8.33. The van der Waals surface area contributed by atoms with Crippen molar-refractivity contribution < 1.29 is 28.9 Å². The van der Waals surface area contributed by atoms with E-state index in [-0.39, 0.29) is 16.9 Å². The normalized spacial score (nSPS) is 10.5. The lowest BCUT2D eigenvalue weighted by molar-refractivity contribution is 0.0550. The Balaban J connectivity index is 2.50. The molecule has 0 aliphatic carbocycles. The van der Waals surface area contributed by atoms with E-state index in [2.05, 4.69) is 4.98 Å². The first kappa shape index (κ1) is 22.5. The quantitative estimate of drug-likeness (QED) is 0.620. The lowest BCUT2D eigenvalue weighted by Crippen LogP contribution is -2.18. The van der Waals surface area contributed by atoms with Crippen molar-refractivity contribution in [1.82, 2.24) is 4.98 Å². The van der Waals surface area contributed by atoms with Gasteiger partial charge in [-0.2, -0.15) is 11.8 Å². The second-order valence-corrected chi connectivity index (χ2v) is 7.16. The molecule has 1 aromatic carbocycles. The predicted octanol–water partition coefficient (Wildman–Crippen LogP) is 3.06. The molecule has 0 bridgehead atoms. The number of benzene rings is 1. The van der Waals surface area contributed by atoms with Crippen molar-refractivity contribution in [3.05, 3.63) is 52.3 Å². The Hall–Kier alpha value is -2.74. The van der Waals surface area contributed by atoms with Crippen LogP contribution in [0.15, 0.2) is 24.3 Å². The number of hydrogen-bond acceptors (Lipinski definition) is 8. The number of nitrogens with zero attached hydrogens (tertiary/aromatic N) is 1. The van der Waals surface area contributed by atoms with Gasteiger partial charge in [0.25, 0.3) is 0 Å². The van der Waals surface area contributed by atoms with E-state index in [1.807, 2.05) is 30.5 Å². The number of rotatable bonds is 9. The van der Waals surface area contributed by atoms with Crippen LogP contribution >= 0.6 is 11.8 Å². The van der Waals surface area contributed by atoms with Gasteiger partial charge in [-0.1, -0.05) is 12.1 Å². The summed E-state index contributed by atoms with van der Waals surface area (Å²) < 4.78 is 14.8. The van der Waals surface area contributed by atoms with Crippen molar-refractivity contribution in [3.63, 3.8) is 0 Å². The lowest BCUT2D eigenvalue weighted by atomic mass is 9.98. The average Bonchev–Trinajstić information content (AvgIpc) is 2.76. The Morgan fingerprint density at radius 2 is 1.55 bits per heavy atom. The third kappa shape index (κ3) is 5.41. The standard InChI is InChI=1S/C21H25NO6S/c1-26-14-8-5-13(6-9-14)7-10-15-17(20(24)27-2)18(21(25)28-3)19(23)16(22-15)11-12-29-4/h5-6,8-9,23H,7,10-12H2,1-4H3. The number of aromatic nitrogens is 1. The molecule has 0 aliphatic rings. The monoisotopic (exact) mass is 419 g/mol. The first-order valence-corrected chi connectivity index (χ1v) is 10.4.